The van der Waals surface area contributed by atoms with Gasteiger partial charge in [0, 0.05) is 24.9 Å². The van der Waals surface area contributed by atoms with Crippen molar-refractivity contribution in [2.75, 3.05) is 0 Å². The summed E-state index contributed by atoms with van der Waals surface area (Å²) in [4.78, 5) is 4.21. The second-order valence-electron chi connectivity index (χ2n) is 3.80. The molecular formula is C12H12N4O. The predicted octanol–water partition coefficient (Wildman–Crippen LogP) is 2.10. The third-order valence-corrected chi connectivity index (χ3v) is 2.23. The van der Waals surface area contributed by atoms with Crippen molar-refractivity contribution >= 4 is 0 Å². The Balaban J connectivity index is 2.33. The smallest absolute Gasteiger partial charge is 0.222 e. The highest BCUT2D eigenvalue weighted by molar-refractivity contribution is 5.35. The number of hydrogen-bond donors (Lipinski definition) is 0. The molecule has 86 valence electrons. The van der Waals surface area contributed by atoms with Crippen molar-refractivity contribution in [3.05, 3.63) is 35.2 Å². The van der Waals surface area contributed by atoms with Gasteiger partial charge < -0.3 is 4.74 Å². The van der Waals surface area contributed by atoms with Crippen LogP contribution in [0.1, 0.15) is 17.0 Å². The Labute approximate surface area is 99.3 Å². The van der Waals surface area contributed by atoms with E-state index in [0.29, 0.717) is 17.3 Å². The molecule has 0 spiro atoms. The van der Waals surface area contributed by atoms with E-state index in [2.05, 4.69) is 16.2 Å². The average Bonchev–Trinajstić information content (AvgIpc) is 2.56. The molecular weight excluding hydrogens is 216 g/mol. The molecule has 0 saturated carbocycles. The first kappa shape index (κ1) is 11.1. The number of nitriles is 1. The maximum atomic E-state index is 8.86. The molecule has 0 aliphatic rings. The molecule has 17 heavy (non-hydrogen) atoms. The van der Waals surface area contributed by atoms with E-state index >= 15 is 0 Å². The molecule has 0 radical (unpaired) electrons. The Morgan fingerprint density at radius 2 is 2.00 bits per heavy atom. The van der Waals surface area contributed by atoms with Crippen molar-refractivity contribution in [1.82, 2.24) is 14.8 Å². The van der Waals surface area contributed by atoms with E-state index in [9.17, 15) is 0 Å². The zero-order valence-corrected chi connectivity index (χ0v) is 9.93. The normalized spacial score (nSPS) is 10.0. The van der Waals surface area contributed by atoms with Gasteiger partial charge in [0.15, 0.2) is 0 Å². The van der Waals surface area contributed by atoms with Gasteiger partial charge in [-0.15, -0.1) is 0 Å². The maximum Gasteiger partial charge on any atom is 0.222 e. The third-order valence-electron chi connectivity index (χ3n) is 2.23. The fourth-order valence-corrected chi connectivity index (χ4v) is 1.54. The Morgan fingerprint density at radius 1 is 1.24 bits per heavy atom. The summed E-state index contributed by atoms with van der Waals surface area (Å²) in [7, 11) is 1.79. The van der Waals surface area contributed by atoms with Crippen LogP contribution in [0.5, 0.6) is 11.8 Å². The van der Waals surface area contributed by atoms with Gasteiger partial charge in [-0.2, -0.15) is 10.4 Å². The van der Waals surface area contributed by atoms with Crippen LogP contribution in [0.3, 0.4) is 0 Å². The Morgan fingerprint density at radius 3 is 2.59 bits per heavy atom. The first-order valence-corrected chi connectivity index (χ1v) is 5.16. The summed E-state index contributed by atoms with van der Waals surface area (Å²) < 4.78 is 7.22. The Hall–Kier alpha value is -2.35. The first-order valence-electron chi connectivity index (χ1n) is 5.16. The number of nitrogens with zero attached hydrogens (tertiary/aromatic N) is 4. The van der Waals surface area contributed by atoms with Crippen molar-refractivity contribution in [1.29, 1.82) is 5.26 Å². The fourth-order valence-electron chi connectivity index (χ4n) is 1.54. The van der Waals surface area contributed by atoms with E-state index in [4.69, 9.17) is 10.00 Å². The second kappa shape index (κ2) is 4.26. The second-order valence-corrected chi connectivity index (χ2v) is 3.80. The molecule has 2 aromatic heterocycles. The standard InChI is InChI=1S/C12H12N4O/c1-8-4-10(7-13)6-11(14-8)17-12-5-9(2)15-16(12)3/h4-6H,1-3H3. The minimum Gasteiger partial charge on any atom is -0.421 e. The summed E-state index contributed by atoms with van der Waals surface area (Å²) >= 11 is 0. The lowest BCUT2D eigenvalue weighted by Crippen LogP contribution is -1.97. The fraction of sp³-hybridized carbons (Fsp3) is 0.250. The highest BCUT2D eigenvalue weighted by Crippen LogP contribution is 2.21. The van der Waals surface area contributed by atoms with Crippen LogP contribution in [-0.4, -0.2) is 14.8 Å². The van der Waals surface area contributed by atoms with E-state index in [1.54, 1.807) is 23.9 Å². The van der Waals surface area contributed by atoms with Gasteiger partial charge >= 0.3 is 0 Å². The molecule has 2 heterocycles. The van der Waals surface area contributed by atoms with Crippen LogP contribution in [0.15, 0.2) is 18.2 Å². The van der Waals surface area contributed by atoms with Gasteiger partial charge in [0.05, 0.1) is 17.3 Å². The zero-order chi connectivity index (χ0) is 12.4. The first-order chi connectivity index (χ1) is 8.08. The summed E-state index contributed by atoms with van der Waals surface area (Å²) in [5.41, 5.74) is 2.15. The third kappa shape index (κ3) is 2.42. The van der Waals surface area contributed by atoms with Crippen LogP contribution in [0.4, 0.5) is 0 Å². The van der Waals surface area contributed by atoms with E-state index in [-0.39, 0.29) is 0 Å². The van der Waals surface area contributed by atoms with E-state index in [1.807, 2.05) is 19.9 Å². The summed E-state index contributed by atoms with van der Waals surface area (Å²) in [5.74, 6) is 1.01. The van der Waals surface area contributed by atoms with Crippen molar-refractivity contribution in [2.24, 2.45) is 7.05 Å². The molecule has 0 unspecified atom stereocenters. The highest BCUT2D eigenvalue weighted by Gasteiger charge is 2.07. The summed E-state index contributed by atoms with van der Waals surface area (Å²) in [6, 6.07) is 7.20. The largest absolute Gasteiger partial charge is 0.421 e. The lowest BCUT2D eigenvalue weighted by atomic mass is 10.2. The van der Waals surface area contributed by atoms with E-state index in [1.165, 1.54) is 0 Å². The van der Waals surface area contributed by atoms with Crippen molar-refractivity contribution in [2.45, 2.75) is 13.8 Å². The lowest BCUT2D eigenvalue weighted by Gasteiger charge is -2.05. The van der Waals surface area contributed by atoms with Crippen molar-refractivity contribution in [3.8, 4) is 17.8 Å². The van der Waals surface area contributed by atoms with E-state index < -0.39 is 0 Å². The van der Waals surface area contributed by atoms with Gasteiger partial charge in [-0.1, -0.05) is 0 Å². The number of rotatable bonds is 2. The quantitative estimate of drug-likeness (QED) is 0.789. The molecule has 0 aliphatic heterocycles. The molecule has 0 atom stereocenters. The SMILES string of the molecule is Cc1cc(C#N)cc(Oc2cc(C)nn2C)n1. The summed E-state index contributed by atoms with van der Waals surface area (Å²) in [5, 5.41) is 13.0. The number of aromatic nitrogens is 3. The minimum absolute atomic E-state index is 0.407. The van der Waals surface area contributed by atoms with Crippen LogP contribution in [-0.2, 0) is 7.05 Å². The van der Waals surface area contributed by atoms with Crippen LogP contribution in [0.25, 0.3) is 0 Å². The molecule has 0 aliphatic carbocycles. The maximum absolute atomic E-state index is 8.86. The number of hydrogen-bond acceptors (Lipinski definition) is 4. The minimum atomic E-state index is 0.407. The van der Waals surface area contributed by atoms with Gasteiger partial charge in [-0.3, -0.25) is 0 Å². The molecule has 0 saturated heterocycles. The monoisotopic (exact) mass is 228 g/mol. The lowest BCUT2D eigenvalue weighted by molar-refractivity contribution is 0.414. The summed E-state index contributed by atoms with van der Waals surface area (Å²) in [6.45, 7) is 3.71. The van der Waals surface area contributed by atoms with Crippen molar-refractivity contribution in [3.63, 3.8) is 0 Å². The molecule has 0 aromatic carbocycles. The van der Waals surface area contributed by atoms with Gasteiger partial charge in [-0.25, -0.2) is 9.67 Å². The van der Waals surface area contributed by atoms with Gasteiger partial charge in [-0.05, 0) is 19.9 Å². The molecule has 2 rings (SSSR count). The van der Waals surface area contributed by atoms with Gasteiger partial charge in [0.1, 0.15) is 0 Å². The Bertz CT molecular complexity index is 595. The Kier molecular flexibility index (Phi) is 2.79. The van der Waals surface area contributed by atoms with E-state index in [0.717, 1.165) is 11.4 Å². The molecule has 0 fully saturated rings. The molecule has 2 aromatic rings. The van der Waals surface area contributed by atoms with Crippen molar-refractivity contribution < 1.29 is 4.74 Å². The number of ether oxygens (including phenoxy) is 1. The predicted molar refractivity (Wildman–Crippen MR) is 61.7 cm³/mol. The number of pyridine rings is 1. The van der Waals surface area contributed by atoms with Gasteiger partial charge in [0.25, 0.3) is 0 Å². The molecule has 0 amide bonds. The summed E-state index contributed by atoms with van der Waals surface area (Å²) in [6.07, 6.45) is 0. The molecule has 5 heteroatoms. The zero-order valence-electron chi connectivity index (χ0n) is 9.93. The topological polar surface area (TPSA) is 63.7 Å². The van der Waals surface area contributed by atoms with Gasteiger partial charge in [0.2, 0.25) is 11.8 Å². The van der Waals surface area contributed by atoms with Crippen LogP contribution in [0, 0.1) is 25.2 Å². The number of aryl methyl sites for hydroxylation is 3. The molecule has 0 N–H and O–H groups in total. The van der Waals surface area contributed by atoms with Crippen LogP contribution in [0.2, 0.25) is 0 Å². The van der Waals surface area contributed by atoms with Crippen LogP contribution < -0.4 is 4.74 Å². The average molecular weight is 228 g/mol. The highest BCUT2D eigenvalue weighted by atomic mass is 16.5. The molecule has 0 bridgehead atoms. The molecule has 5 nitrogen and oxygen atoms in total. The van der Waals surface area contributed by atoms with Crippen LogP contribution >= 0.6 is 0 Å².